The second-order valence-electron chi connectivity index (χ2n) is 5.57. The number of H-pyrrole nitrogens is 1. The molecule has 0 aliphatic rings. The molecule has 23 heavy (non-hydrogen) atoms. The second kappa shape index (κ2) is 5.25. The number of aromatic amines is 1. The van der Waals surface area contributed by atoms with Gasteiger partial charge in [-0.05, 0) is 54.4 Å². The standard InChI is InChI=1S/C19H15N3O/c1-12-8-15(5-6-20-12)18-10-16-9-13(2-3-17(16)22-18)14-4-7-21-19(23)11-14/h2-11,22H,1H3,(H,21,23). The Bertz CT molecular complexity index is 961. The Hall–Kier alpha value is -3.14. The van der Waals surface area contributed by atoms with Crippen LogP contribution in [-0.2, 0) is 0 Å². The Morgan fingerprint density at radius 3 is 2.43 bits per heavy atom. The van der Waals surface area contributed by atoms with Crippen LogP contribution in [0.5, 0.6) is 5.88 Å². The predicted octanol–water partition coefficient (Wildman–Crippen LogP) is 4.31. The molecule has 2 N–H and O–H groups in total. The predicted molar refractivity (Wildman–Crippen MR) is 91.2 cm³/mol. The minimum absolute atomic E-state index is 0.0321. The van der Waals surface area contributed by atoms with E-state index in [2.05, 4.69) is 39.2 Å². The molecule has 0 radical (unpaired) electrons. The molecule has 4 aromatic rings. The summed E-state index contributed by atoms with van der Waals surface area (Å²) >= 11 is 0. The van der Waals surface area contributed by atoms with Crippen molar-refractivity contribution in [3.8, 4) is 28.3 Å². The van der Waals surface area contributed by atoms with Gasteiger partial charge in [0.15, 0.2) is 0 Å². The van der Waals surface area contributed by atoms with Crippen molar-refractivity contribution in [1.82, 2.24) is 15.0 Å². The zero-order valence-corrected chi connectivity index (χ0v) is 12.6. The van der Waals surface area contributed by atoms with E-state index in [1.165, 1.54) is 0 Å². The molecule has 0 saturated carbocycles. The maximum atomic E-state index is 9.54. The molecule has 0 bridgehead atoms. The first-order valence-corrected chi connectivity index (χ1v) is 7.40. The van der Waals surface area contributed by atoms with Crippen molar-refractivity contribution in [3.05, 3.63) is 66.6 Å². The van der Waals surface area contributed by atoms with Gasteiger partial charge >= 0.3 is 0 Å². The number of hydrogen-bond donors (Lipinski definition) is 2. The highest BCUT2D eigenvalue weighted by Crippen LogP contribution is 2.29. The number of aryl methyl sites for hydroxylation is 1. The summed E-state index contributed by atoms with van der Waals surface area (Å²) in [5, 5.41) is 10.7. The minimum Gasteiger partial charge on any atom is -0.493 e. The van der Waals surface area contributed by atoms with Crippen molar-refractivity contribution in [1.29, 1.82) is 0 Å². The molecule has 1 aromatic carbocycles. The van der Waals surface area contributed by atoms with Crippen LogP contribution in [0, 0.1) is 6.92 Å². The molecular formula is C19H15N3O. The molecule has 0 fully saturated rings. The lowest BCUT2D eigenvalue weighted by Gasteiger charge is -2.01. The first-order chi connectivity index (χ1) is 11.2. The normalized spacial score (nSPS) is 11.0. The average molecular weight is 301 g/mol. The van der Waals surface area contributed by atoms with Crippen LogP contribution in [0.4, 0.5) is 0 Å². The Morgan fingerprint density at radius 1 is 0.826 bits per heavy atom. The number of aromatic hydroxyl groups is 1. The van der Waals surface area contributed by atoms with Crippen molar-refractivity contribution < 1.29 is 5.11 Å². The summed E-state index contributed by atoms with van der Waals surface area (Å²) in [5.41, 5.74) is 6.26. The third kappa shape index (κ3) is 2.55. The number of pyridine rings is 2. The van der Waals surface area contributed by atoms with Gasteiger partial charge in [-0.15, -0.1) is 0 Å². The van der Waals surface area contributed by atoms with Crippen LogP contribution < -0.4 is 0 Å². The van der Waals surface area contributed by atoms with Gasteiger partial charge in [-0.3, -0.25) is 4.98 Å². The third-order valence-electron chi connectivity index (χ3n) is 3.91. The Labute approximate surface area is 133 Å². The molecule has 0 amide bonds. The van der Waals surface area contributed by atoms with Gasteiger partial charge in [0.25, 0.3) is 0 Å². The summed E-state index contributed by atoms with van der Waals surface area (Å²) in [6.07, 6.45) is 3.43. The van der Waals surface area contributed by atoms with Crippen molar-refractivity contribution in [2.45, 2.75) is 6.92 Å². The van der Waals surface area contributed by atoms with Gasteiger partial charge in [0.1, 0.15) is 0 Å². The molecule has 0 atom stereocenters. The fourth-order valence-electron chi connectivity index (χ4n) is 2.78. The van der Waals surface area contributed by atoms with Crippen LogP contribution >= 0.6 is 0 Å². The van der Waals surface area contributed by atoms with Crippen molar-refractivity contribution >= 4 is 10.9 Å². The van der Waals surface area contributed by atoms with Crippen LogP contribution in [0.25, 0.3) is 33.3 Å². The summed E-state index contributed by atoms with van der Waals surface area (Å²) in [6, 6.07) is 16.0. The van der Waals surface area contributed by atoms with Gasteiger partial charge in [0.2, 0.25) is 5.88 Å². The molecule has 3 aromatic heterocycles. The molecular weight excluding hydrogens is 286 g/mol. The highest BCUT2D eigenvalue weighted by molar-refractivity contribution is 5.89. The van der Waals surface area contributed by atoms with Crippen LogP contribution in [0.1, 0.15) is 5.69 Å². The second-order valence-corrected chi connectivity index (χ2v) is 5.57. The van der Waals surface area contributed by atoms with E-state index in [0.717, 1.165) is 39.0 Å². The zero-order chi connectivity index (χ0) is 15.8. The summed E-state index contributed by atoms with van der Waals surface area (Å²) in [7, 11) is 0. The van der Waals surface area contributed by atoms with E-state index in [1.807, 2.05) is 31.3 Å². The number of nitrogens with one attached hydrogen (secondary N) is 1. The van der Waals surface area contributed by atoms with E-state index in [-0.39, 0.29) is 5.88 Å². The van der Waals surface area contributed by atoms with Gasteiger partial charge in [0.05, 0.1) is 0 Å². The van der Waals surface area contributed by atoms with Crippen LogP contribution in [0.2, 0.25) is 0 Å². The molecule has 0 unspecified atom stereocenters. The van der Waals surface area contributed by atoms with Crippen LogP contribution in [-0.4, -0.2) is 20.1 Å². The molecule has 4 rings (SSSR count). The molecule has 0 spiro atoms. The summed E-state index contributed by atoms with van der Waals surface area (Å²) in [4.78, 5) is 11.5. The average Bonchev–Trinajstić information content (AvgIpc) is 2.98. The Kier molecular flexibility index (Phi) is 3.08. The summed E-state index contributed by atoms with van der Waals surface area (Å²) < 4.78 is 0. The maximum absolute atomic E-state index is 9.54. The highest BCUT2D eigenvalue weighted by atomic mass is 16.3. The van der Waals surface area contributed by atoms with Crippen LogP contribution in [0.3, 0.4) is 0 Å². The smallest absolute Gasteiger partial charge is 0.211 e. The summed E-state index contributed by atoms with van der Waals surface area (Å²) in [6.45, 7) is 1.99. The van der Waals surface area contributed by atoms with E-state index in [9.17, 15) is 5.11 Å². The highest BCUT2D eigenvalue weighted by Gasteiger charge is 2.06. The van der Waals surface area contributed by atoms with Gasteiger partial charge in [-0.2, -0.15) is 0 Å². The lowest BCUT2D eigenvalue weighted by Crippen LogP contribution is -1.82. The first-order valence-electron chi connectivity index (χ1n) is 7.40. The van der Waals surface area contributed by atoms with Gasteiger partial charge < -0.3 is 10.1 Å². The molecule has 0 aliphatic heterocycles. The van der Waals surface area contributed by atoms with Crippen molar-refractivity contribution in [3.63, 3.8) is 0 Å². The summed E-state index contributed by atoms with van der Waals surface area (Å²) in [5.74, 6) is 0.0321. The number of benzene rings is 1. The quantitative estimate of drug-likeness (QED) is 0.580. The Balaban J connectivity index is 1.81. The van der Waals surface area contributed by atoms with Gasteiger partial charge in [0, 0.05) is 46.3 Å². The van der Waals surface area contributed by atoms with E-state index >= 15 is 0 Å². The topological polar surface area (TPSA) is 61.8 Å². The van der Waals surface area contributed by atoms with Gasteiger partial charge in [-0.25, -0.2) is 4.98 Å². The van der Waals surface area contributed by atoms with Crippen molar-refractivity contribution in [2.75, 3.05) is 0 Å². The molecule has 4 heteroatoms. The lowest BCUT2D eigenvalue weighted by atomic mass is 10.1. The largest absolute Gasteiger partial charge is 0.493 e. The fourth-order valence-corrected chi connectivity index (χ4v) is 2.78. The lowest BCUT2D eigenvalue weighted by molar-refractivity contribution is 0.454. The van der Waals surface area contributed by atoms with E-state index in [1.54, 1.807) is 12.3 Å². The number of rotatable bonds is 2. The monoisotopic (exact) mass is 301 g/mol. The fraction of sp³-hybridized carbons (Fsp3) is 0.0526. The molecule has 112 valence electrons. The van der Waals surface area contributed by atoms with E-state index < -0.39 is 0 Å². The number of hydrogen-bond acceptors (Lipinski definition) is 3. The number of fused-ring (bicyclic) bond motifs is 1. The Morgan fingerprint density at radius 2 is 1.61 bits per heavy atom. The first kappa shape index (κ1) is 13.5. The number of nitrogens with zero attached hydrogens (tertiary/aromatic N) is 2. The van der Waals surface area contributed by atoms with Gasteiger partial charge in [-0.1, -0.05) is 6.07 Å². The molecule has 3 heterocycles. The van der Waals surface area contributed by atoms with Crippen LogP contribution in [0.15, 0.2) is 60.9 Å². The molecule has 4 nitrogen and oxygen atoms in total. The number of aromatic nitrogens is 3. The molecule has 0 aliphatic carbocycles. The zero-order valence-electron chi connectivity index (χ0n) is 12.6. The van der Waals surface area contributed by atoms with Crippen molar-refractivity contribution in [2.24, 2.45) is 0 Å². The minimum atomic E-state index is 0.0321. The van der Waals surface area contributed by atoms with E-state index in [4.69, 9.17) is 0 Å². The maximum Gasteiger partial charge on any atom is 0.211 e. The van der Waals surface area contributed by atoms with E-state index in [0.29, 0.717) is 0 Å². The molecule has 0 saturated heterocycles. The third-order valence-corrected chi connectivity index (χ3v) is 3.91. The SMILES string of the molecule is Cc1cc(-c2cc3cc(-c4ccnc(O)c4)ccc3[nH]2)ccn1.